The summed E-state index contributed by atoms with van der Waals surface area (Å²) in [6, 6.07) is 4.17. The Hall–Kier alpha value is -1.48. The smallest absolute Gasteiger partial charge is 0.416 e. The van der Waals surface area contributed by atoms with Crippen molar-refractivity contribution in [3.8, 4) is 0 Å². The summed E-state index contributed by atoms with van der Waals surface area (Å²) >= 11 is 16.4. The van der Waals surface area contributed by atoms with E-state index in [0.29, 0.717) is 5.56 Å². The van der Waals surface area contributed by atoms with Crippen LogP contribution < -0.4 is 0 Å². The Balaban J connectivity index is 2.00. The molecular weight excluding hydrogens is 448 g/mol. The first-order valence-corrected chi connectivity index (χ1v) is 8.85. The molecule has 0 unspecified atom stereocenters. The molecule has 0 bridgehead atoms. The first kappa shape index (κ1) is 22.8. The van der Waals surface area contributed by atoms with Gasteiger partial charge in [-0.2, -0.15) is 13.2 Å². The Morgan fingerprint density at radius 3 is 2.14 bits per heavy atom. The maximum absolute atomic E-state index is 12.7. The third kappa shape index (κ3) is 6.01. The number of hydrogen-bond acceptors (Lipinski definition) is 5. The van der Waals surface area contributed by atoms with Gasteiger partial charge in [-0.3, -0.25) is 4.79 Å². The normalized spacial score (nSPS) is 16.1. The van der Waals surface area contributed by atoms with Crippen LogP contribution in [0, 0.1) is 0 Å². The number of esters is 2. The summed E-state index contributed by atoms with van der Waals surface area (Å²) in [5.41, 5.74) is -2.00. The summed E-state index contributed by atoms with van der Waals surface area (Å²) in [7, 11) is 0. The summed E-state index contributed by atoms with van der Waals surface area (Å²) in [6.45, 7) is 2.85. The van der Waals surface area contributed by atoms with Gasteiger partial charge in [0.15, 0.2) is 5.60 Å². The van der Waals surface area contributed by atoms with E-state index in [1.54, 1.807) is 0 Å². The lowest BCUT2D eigenvalue weighted by Crippen LogP contribution is -2.50. The number of carbonyl (C=O) groups excluding carboxylic acids is 2. The molecule has 1 aromatic rings. The van der Waals surface area contributed by atoms with Crippen LogP contribution in [-0.2, 0) is 35.6 Å². The van der Waals surface area contributed by atoms with Crippen LogP contribution in [0.3, 0.4) is 0 Å². The molecule has 0 spiro atoms. The zero-order valence-corrected chi connectivity index (χ0v) is 16.4. The third-order valence-electron chi connectivity index (χ3n) is 3.74. The second kappa shape index (κ2) is 8.49. The van der Waals surface area contributed by atoms with Crippen molar-refractivity contribution in [2.75, 3.05) is 19.8 Å². The van der Waals surface area contributed by atoms with E-state index >= 15 is 0 Å². The second-order valence-electron chi connectivity index (χ2n) is 6.01. The highest BCUT2D eigenvalue weighted by molar-refractivity contribution is 6.67. The van der Waals surface area contributed by atoms with E-state index in [1.165, 1.54) is 12.1 Å². The highest BCUT2D eigenvalue weighted by Crippen LogP contribution is 2.37. The Bertz CT molecular complexity index is 753. The maximum atomic E-state index is 12.7. The van der Waals surface area contributed by atoms with E-state index in [9.17, 15) is 22.8 Å². The van der Waals surface area contributed by atoms with Crippen molar-refractivity contribution in [3.63, 3.8) is 0 Å². The fourth-order valence-corrected chi connectivity index (χ4v) is 2.41. The van der Waals surface area contributed by atoms with Gasteiger partial charge in [-0.25, -0.2) is 4.79 Å². The van der Waals surface area contributed by atoms with Crippen molar-refractivity contribution in [1.82, 2.24) is 0 Å². The molecule has 0 N–H and O–H groups in total. The van der Waals surface area contributed by atoms with Gasteiger partial charge in [0.05, 0.1) is 25.2 Å². The summed E-state index contributed by atoms with van der Waals surface area (Å²) in [6.07, 6.45) is -5.00. The molecule has 0 amide bonds. The molecule has 1 saturated heterocycles. The van der Waals surface area contributed by atoms with Gasteiger partial charge < -0.3 is 14.2 Å². The highest BCUT2D eigenvalue weighted by atomic mass is 35.6. The Morgan fingerprint density at radius 1 is 1.14 bits per heavy atom. The minimum absolute atomic E-state index is 0.0465. The van der Waals surface area contributed by atoms with Gasteiger partial charge in [-0.05, 0) is 12.1 Å². The fraction of sp³-hybridized carbons (Fsp3) is 0.412. The van der Waals surface area contributed by atoms with Crippen LogP contribution in [0.4, 0.5) is 13.2 Å². The SMILES string of the molecule is C=C(CC(=O)OCC(Cl)(Cl)Cl)C(=O)OC1(c2ccc(C(F)(F)F)cc2)COC1. The quantitative estimate of drug-likeness (QED) is 0.358. The molecule has 154 valence electrons. The lowest BCUT2D eigenvalue weighted by atomic mass is 9.90. The van der Waals surface area contributed by atoms with E-state index in [4.69, 9.17) is 49.0 Å². The van der Waals surface area contributed by atoms with Gasteiger partial charge in [0.2, 0.25) is 3.79 Å². The average molecular weight is 462 g/mol. The standard InChI is InChI=1S/C17H14Cl3F3O5/c1-10(6-13(24)27-9-16(18,19)20)14(25)28-15(7-26-8-15)11-2-4-12(5-3-11)17(21,22)23/h2-5H,1,6-9H2. The minimum Gasteiger partial charge on any atom is -0.461 e. The van der Waals surface area contributed by atoms with Crippen LogP contribution >= 0.6 is 34.8 Å². The average Bonchev–Trinajstić information content (AvgIpc) is 2.54. The van der Waals surface area contributed by atoms with E-state index < -0.39 is 46.1 Å². The van der Waals surface area contributed by atoms with E-state index in [-0.39, 0.29) is 18.8 Å². The Morgan fingerprint density at radius 2 is 1.71 bits per heavy atom. The van der Waals surface area contributed by atoms with Gasteiger partial charge in [-0.15, -0.1) is 0 Å². The van der Waals surface area contributed by atoms with E-state index in [1.807, 2.05) is 0 Å². The van der Waals surface area contributed by atoms with Crippen molar-refractivity contribution < 1.29 is 37.0 Å². The molecule has 11 heteroatoms. The summed E-state index contributed by atoms with van der Waals surface area (Å²) in [5, 5.41) is 0. The van der Waals surface area contributed by atoms with Gasteiger partial charge in [0, 0.05) is 11.1 Å². The maximum Gasteiger partial charge on any atom is 0.416 e. The minimum atomic E-state index is -4.49. The fourth-order valence-electron chi connectivity index (χ4n) is 2.24. The van der Waals surface area contributed by atoms with Gasteiger partial charge in [-0.1, -0.05) is 53.5 Å². The number of hydrogen-bond donors (Lipinski definition) is 0. The van der Waals surface area contributed by atoms with Gasteiger partial charge in [0.1, 0.15) is 6.61 Å². The Kier molecular flexibility index (Phi) is 6.91. The van der Waals surface area contributed by atoms with Crippen molar-refractivity contribution in [1.29, 1.82) is 0 Å². The predicted molar refractivity (Wildman–Crippen MR) is 95.0 cm³/mol. The van der Waals surface area contributed by atoms with Crippen LogP contribution in [0.5, 0.6) is 0 Å². The van der Waals surface area contributed by atoms with Crippen molar-refractivity contribution in [2.24, 2.45) is 0 Å². The zero-order valence-electron chi connectivity index (χ0n) is 14.2. The van der Waals surface area contributed by atoms with Crippen LogP contribution in [0.25, 0.3) is 0 Å². The van der Waals surface area contributed by atoms with E-state index in [2.05, 4.69) is 6.58 Å². The number of alkyl halides is 6. The summed E-state index contributed by atoms with van der Waals surface area (Å²) in [4.78, 5) is 23.9. The van der Waals surface area contributed by atoms with Gasteiger partial charge >= 0.3 is 18.1 Å². The zero-order chi connectivity index (χ0) is 21.2. The Labute approximate surface area is 173 Å². The predicted octanol–water partition coefficient (Wildman–Crippen LogP) is 4.33. The van der Waals surface area contributed by atoms with E-state index in [0.717, 1.165) is 12.1 Å². The molecule has 0 aromatic heterocycles. The molecule has 0 atom stereocenters. The van der Waals surface area contributed by atoms with Gasteiger partial charge in [0.25, 0.3) is 0 Å². The number of halogens is 6. The molecule has 0 saturated carbocycles. The lowest BCUT2D eigenvalue weighted by molar-refractivity contribution is -0.215. The molecular formula is C17H14Cl3F3O5. The monoisotopic (exact) mass is 460 g/mol. The first-order chi connectivity index (χ1) is 12.8. The largest absolute Gasteiger partial charge is 0.461 e. The van der Waals surface area contributed by atoms with Crippen molar-refractivity contribution in [2.45, 2.75) is 22.0 Å². The van der Waals surface area contributed by atoms with Crippen molar-refractivity contribution >= 4 is 46.7 Å². The number of benzene rings is 1. The molecule has 1 aliphatic rings. The molecule has 28 heavy (non-hydrogen) atoms. The molecule has 5 nitrogen and oxygen atoms in total. The molecule has 1 aromatic carbocycles. The molecule has 2 rings (SSSR count). The molecule has 1 heterocycles. The topological polar surface area (TPSA) is 61.8 Å². The van der Waals surface area contributed by atoms with Crippen LogP contribution in [-0.4, -0.2) is 35.6 Å². The first-order valence-electron chi connectivity index (χ1n) is 7.71. The third-order valence-corrected chi connectivity index (χ3v) is 4.07. The van der Waals surface area contributed by atoms with Crippen molar-refractivity contribution in [3.05, 3.63) is 47.5 Å². The summed E-state index contributed by atoms with van der Waals surface area (Å²) < 4.78 is 51.4. The number of ether oxygens (including phenoxy) is 3. The highest BCUT2D eigenvalue weighted by Gasteiger charge is 2.45. The van der Waals surface area contributed by atoms with Crippen LogP contribution in [0.2, 0.25) is 0 Å². The number of rotatable bonds is 6. The number of carbonyl (C=O) groups is 2. The van der Waals surface area contributed by atoms with Crippen LogP contribution in [0.1, 0.15) is 17.5 Å². The molecule has 1 fully saturated rings. The molecule has 0 radical (unpaired) electrons. The second-order valence-corrected chi connectivity index (χ2v) is 8.52. The molecule has 0 aliphatic carbocycles. The lowest BCUT2D eigenvalue weighted by Gasteiger charge is -2.41. The summed E-state index contributed by atoms with van der Waals surface area (Å²) in [5.74, 6) is -1.78. The van der Waals surface area contributed by atoms with Crippen LogP contribution in [0.15, 0.2) is 36.4 Å². The molecule has 1 aliphatic heterocycles.